The molecule has 2 amide bonds. The molecule has 1 saturated carbocycles. The zero-order chi connectivity index (χ0) is 35.3. The SMILES string of the molecule is CS(=O)(=O)N[C@H]1CCCC[C@@H]1N1C(=O)c2ccccc2[C@@H](C(=O)NOCc2ccc(COC(=O)c3ccccc3)cn2)[C@@H]1c1ccc(Cl)cc1. The smallest absolute Gasteiger partial charge is 0.338 e. The molecule has 1 aromatic heterocycles. The van der Waals surface area contributed by atoms with Crippen molar-refractivity contribution in [3.05, 3.63) is 136 Å². The Labute approximate surface area is 296 Å². The van der Waals surface area contributed by atoms with Gasteiger partial charge in [-0.25, -0.2) is 23.4 Å². The van der Waals surface area contributed by atoms with Crippen molar-refractivity contribution in [3.8, 4) is 0 Å². The van der Waals surface area contributed by atoms with Crippen LogP contribution in [0.4, 0.5) is 0 Å². The molecule has 3 aromatic carbocycles. The molecule has 11 nitrogen and oxygen atoms in total. The van der Waals surface area contributed by atoms with Crippen LogP contribution in [-0.4, -0.2) is 54.4 Å². The first kappa shape index (κ1) is 35.2. The van der Waals surface area contributed by atoms with Gasteiger partial charge < -0.3 is 9.64 Å². The van der Waals surface area contributed by atoms with Crippen LogP contribution in [0.25, 0.3) is 0 Å². The molecule has 0 spiro atoms. The van der Waals surface area contributed by atoms with E-state index in [0.717, 1.165) is 19.1 Å². The fourth-order valence-corrected chi connectivity index (χ4v) is 7.70. The molecule has 13 heteroatoms. The Morgan fingerprint density at radius 1 is 0.920 bits per heavy atom. The maximum absolute atomic E-state index is 14.4. The number of hydroxylamine groups is 1. The highest BCUT2D eigenvalue weighted by Gasteiger charge is 2.49. The second-order valence-electron chi connectivity index (χ2n) is 12.5. The van der Waals surface area contributed by atoms with Crippen molar-refractivity contribution in [2.24, 2.45) is 0 Å². The number of hydrogen-bond donors (Lipinski definition) is 2. The van der Waals surface area contributed by atoms with Crippen LogP contribution in [0.2, 0.25) is 5.02 Å². The van der Waals surface area contributed by atoms with Crippen LogP contribution in [0.5, 0.6) is 0 Å². The molecule has 0 radical (unpaired) electrons. The number of halogens is 1. The van der Waals surface area contributed by atoms with Crippen LogP contribution in [0.1, 0.15) is 80.7 Å². The van der Waals surface area contributed by atoms with E-state index in [1.165, 1.54) is 0 Å². The maximum atomic E-state index is 14.4. The second-order valence-corrected chi connectivity index (χ2v) is 14.7. The van der Waals surface area contributed by atoms with Gasteiger partial charge in [0.05, 0.1) is 29.5 Å². The van der Waals surface area contributed by atoms with Gasteiger partial charge in [-0.05, 0) is 60.4 Å². The number of fused-ring (bicyclic) bond motifs is 1. The van der Waals surface area contributed by atoms with E-state index >= 15 is 0 Å². The molecule has 50 heavy (non-hydrogen) atoms. The molecule has 6 rings (SSSR count). The number of rotatable bonds is 11. The average Bonchev–Trinajstić information content (AvgIpc) is 3.11. The number of carbonyl (C=O) groups is 3. The largest absolute Gasteiger partial charge is 0.457 e. The minimum atomic E-state index is -3.58. The number of amides is 2. The summed E-state index contributed by atoms with van der Waals surface area (Å²) >= 11 is 6.25. The summed E-state index contributed by atoms with van der Waals surface area (Å²) in [7, 11) is -3.58. The minimum absolute atomic E-state index is 0.0442. The van der Waals surface area contributed by atoms with E-state index in [2.05, 4.69) is 15.2 Å². The van der Waals surface area contributed by atoms with E-state index in [4.69, 9.17) is 21.2 Å². The van der Waals surface area contributed by atoms with Gasteiger partial charge in [-0.1, -0.05) is 79.0 Å². The van der Waals surface area contributed by atoms with Gasteiger partial charge in [0.25, 0.3) is 11.8 Å². The van der Waals surface area contributed by atoms with Crippen LogP contribution in [0.3, 0.4) is 0 Å². The zero-order valence-corrected chi connectivity index (χ0v) is 28.9. The lowest BCUT2D eigenvalue weighted by Crippen LogP contribution is -2.59. The summed E-state index contributed by atoms with van der Waals surface area (Å²) in [5.74, 6) is -2.10. The number of nitrogens with zero attached hydrogens (tertiary/aromatic N) is 2. The van der Waals surface area contributed by atoms with Gasteiger partial charge in [0, 0.05) is 34.4 Å². The summed E-state index contributed by atoms with van der Waals surface area (Å²) in [6.45, 7) is -0.00994. The molecule has 2 heterocycles. The molecule has 4 atom stereocenters. The van der Waals surface area contributed by atoms with E-state index in [9.17, 15) is 22.8 Å². The molecule has 260 valence electrons. The Hall–Kier alpha value is -4.62. The fraction of sp³-hybridized carbons (Fsp3) is 0.297. The van der Waals surface area contributed by atoms with Crippen molar-refractivity contribution >= 4 is 39.4 Å². The number of esters is 1. The first-order valence-electron chi connectivity index (χ1n) is 16.3. The van der Waals surface area contributed by atoms with Crippen LogP contribution < -0.4 is 10.2 Å². The first-order chi connectivity index (χ1) is 24.1. The van der Waals surface area contributed by atoms with Crippen LogP contribution >= 0.6 is 11.6 Å². The Balaban J connectivity index is 1.22. The van der Waals surface area contributed by atoms with Crippen molar-refractivity contribution in [3.63, 3.8) is 0 Å². The number of ether oxygens (including phenoxy) is 1. The molecular formula is C37H37ClN4O7S. The fourth-order valence-electron chi connectivity index (χ4n) is 6.75. The third kappa shape index (κ3) is 8.22. The number of aromatic nitrogens is 1. The van der Waals surface area contributed by atoms with Crippen molar-refractivity contribution < 1.29 is 32.4 Å². The molecule has 2 N–H and O–H groups in total. The van der Waals surface area contributed by atoms with E-state index in [1.54, 1.807) is 96.0 Å². The van der Waals surface area contributed by atoms with Crippen LogP contribution in [0, 0.1) is 0 Å². The predicted octanol–water partition coefficient (Wildman–Crippen LogP) is 5.48. The normalized spacial score (nSPS) is 20.5. The third-order valence-corrected chi connectivity index (χ3v) is 9.96. The highest BCUT2D eigenvalue weighted by Crippen LogP contribution is 2.46. The van der Waals surface area contributed by atoms with Gasteiger partial charge in [0.1, 0.15) is 13.2 Å². The molecule has 2 aliphatic rings. The van der Waals surface area contributed by atoms with E-state index in [1.807, 2.05) is 6.07 Å². The molecule has 1 fully saturated rings. The van der Waals surface area contributed by atoms with Crippen molar-refractivity contribution in [2.75, 3.05) is 6.26 Å². The molecule has 1 aliphatic heterocycles. The first-order valence-corrected chi connectivity index (χ1v) is 18.6. The maximum Gasteiger partial charge on any atom is 0.338 e. The number of benzene rings is 3. The van der Waals surface area contributed by atoms with E-state index in [-0.39, 0.29) is 19.1 Å². The zero-order valence-electron chi connectivity index (χ0n) is 27.3. The number of carbonyl (C=O) groups excluding carboxylic acids is 3. The van der Waals surface area contributed by atoms with Gasteiger partial charge in [-0.15, -0.1) is 0 Å². The lowest BCUT2D eigenvalue weighted by molar-refractivity contribution is -0.138. The van der Waals surface area contributed by atoms with Gasteiger partial charge in [-0.3, -0.25) is 19.4 Å². The molecular weight excluding hydrogens is 680 g/mol. The Kier molecular flexibility index (Phi) is 10.9. The molecule has 4 aromatic rings. The summed E-state index contributed by atoms with van der Waals surface area (Å²) in [6, 6.07) is 24.3. The van der Waals surface area contributed by atoms with E-state index < -0.39 is 45.9 Å². The second kappa shape index (κ2) is 15.5. The molecule has 1 aliphatic carbocycles. The highest BCUT2D eigenvalue weighted by atomic mass is 35.5. The third-order valence-electron chi connectivity index (χ3n) is 8.98. The standard InChI is InChI=1S/C37H37ClN4O7S/c1-50(46,47)41-31-13-7-8-14-32(31)42-34(25-16-18-27(38)19-17-25)33(29-11-5-6-12-30(29)36(42)44)35(43)40-49-23-28-20-15-24(21-39-28)22-48-37(45)26-9-3-2-4-10-26/h2-6,9-12,15-21,31-34,41H,7-8,13-14,22-23H2,1H3,(H,40,43)/t31-,32-,33+,34-/m0/s1. The quantitative estimate of drug-likeness (QED) is 0.153. The van der Waals surface area contributed by atoms with Crippen LogP contribution in [0.15, 0.2) is 97.2 Å². The number of hydrogen-bond acceptors (Lipinski definition) is 8. The van der Waals surface area contributed by atoms with Crippen LogP contribution in [-0.2, 0) is 37.6 Å². The van der Waals surface area contributed by atoms with Crippen molar-refractivity contribution in [1.82, 2.24) is 20.1 Å². The summed E-state index contributed by atoms with van der Waals surface area (Å²) in [5.41, 5.74) is 5.82. The average molecular weight is 717 g/mol. The Morgan fingerprint density at radius 2 is 1.64 bits per heavy atom. The van der Waals surface area contributed by atoms with E-state index in [0.29, 0.717) is 51.4 Å². The van der Waals surface area contributed by atoms with Gasteiger partial charge >= 0.3 is 5.97 Å². The highest BCUT2D eigenvalue weighted by molar-refractivity contribution is 7.88. The topological polar surface area (TPSA) is 144 Å². The van der Waals surface area contributed by atoms with Crippen molar-refractivity contribution in [2.45, 2.75) is 62.9 Å². The summed E-state index contributed by atoms with van der Waals surface area (Å²) in [6.07, 6.45) is 5.40. The number of sulfonamides is 1. The van der Waals surface area contributed by atoms with Gasteiger partial charge in [0.2, 0.25) is 10.0 Å². The minimum Gasteiger partial charge on any atom is -0.457 e. The summed E-state index contributed by atoms with van der Waals surface area (Å²) in [4.78, 5) is 52.5. The number of pyridine rings is 1. The number of nitrogens with one attached hydrogen (secondary N) is 2. The van der Waals surface area contributed by atoms with Gasteiger partial charge in [0.15, 0.2) is 0 Å². The van der Waals surface area contributed by atoms with Gasteiger partial charge in [-0.2, -0.15) is 0 Å². The monoisotopic (exact) mass is 716 g/mol. The predicted molar refractivity (Wildman–Crippen MR) is 186 cm³/mol. The van der Waals surface area contributed by atoms with Crippen molar-refractivity contribution in [1.29, 1.82) is 0 Å². The Bertz CT molecular complexity index is 1940. The molecule has 0 saturated heterocycles. The summed E-state index contributed by atoms with van der Waals surface area (Å²) in [5, 5.41) is 0.495. The molecule has 0 unspecified atom stereocenters. The lowest BCUT2D eigenvalue weighted by Gasteiger charge is -2.49. The Morgan fingerprint density at radius 3 is 2.36 bits per heavy atom. The lowest BCUT2D eigenvalue weighted by atomic mass is 9.76. The summed E-state index contributed by atoms with van der Waals surface area (Å²) < 4.78 is 32.9. The molecule has 0 bridgehead atoms.